The number of likely N-dealkylation sites (tertiary alicyclic amines) is 1. The lowest BCUT2D eigenvalue weighted by molar-refractivity contribution is -0.148. The maximum absolute atomic E-state index is 13.4. The van der Waals surface area contributed by atoms with Crippen molar-refractivity contribution in [2.24, 2.45) is 5.73 Å². The number of nitrogens with zero attached hydrogens (tertiary/aromatic N) is 2. The summed E-state index contributed by atoms with van der Waals surface area (Å²) in [6, 6.07) is 15.0. The van der Waals surface area contributed by atoms with Gasteiger partial charge in [0.25, 0.3) is 11.3 Å². The van der Waals surface area contributed by atoms with Gasteiger partial charge in [0.2, 0.25) is 5.91 Å². The normalized spacial score (nSPS) is 17.1. The van der Waals surface area contributed by atoms with Gasteiger partial charge in [0, 0.05) is 18.5 Å². The van der Waals surface area contributed by atoms with Gasteiger partial charge < -0.3 is 20.5 Å². The van der Waals surface area contributed by atoms with E-state index in [1.54, 1.807) is 55.6 Å². The number of carboxylic acids is 1. The van der Waals surface area contributed by atoms with Gasteiger partial charge in [0.15, 0.2) is 0 Å². The van der Waals surface area contributed by atoms with E-state index in [4.69, 9.17) is 15.9 Å². The standard InChI is InChI=1S/C25H26N4O6S/c1-35-20-9-7-16-6-8-19(13-18(16)14-20)29(36(33)34)21-10-11-28(24(21)30)22(25(31)32)12-15-2-4-17(5-3-15)23(26)27/h2-9,13-14,21-22H,10-12H2,1H3,(H3,26,27)(H,31,32)(H,33,34). The number of carbonyl (C=O) groups excluding carboxylic acids is 1. The minimum Gasteiger partial charge on any atom is -0.497 e. The van der Waals surface area contributed by atoms with Crippen LogP contribution in [-0.4, -0.2) is 62.2 Å². The molecule has 1 aliphatic rings. The molecule has 3 aromatic rings. The molecule has 1 fully saturated rings. The van der Waals surface area contributed by atoms with Gasteiger partial charge in [-0.15, -0.1) is 0 Å². The summed E-state index contributed by atoms with van der Waals surface area (Å²) in [7, 11) is 1.54. The van der Waals surface area contributed by atoms with E-state index in [1.165, 1.54) is 4.90 Å². The maximum atomic E-state index is 13.4. The number of methoxy groups -OCH3 is 1. The van der Waals surface area contributed by atoms with Crippen LogP contribution in [0.3, 0.4) is 0 Å². The second kappa shape index (κ2) is 10.3. The minimum atomic E-state index is -2.52. The number of aliphatic carboxylic acids is 1. The molecule has 0 radical (unpaired) electrons. The Bertz CT molecular complexity index is 1350. The Labute approximate surface area is 210 Å². The number of ether oxygens (including phenoxy) is 1. The molecule has 0 spiro atoms. The van der Waals surface area contributed by atoms with Crippen LogP contribution in [0.2, 0.25) is 0 Å². The Hall–Kier alpha value is -3.96. The van der Waals surface area contributed by atoms with Gasteiger partial charge in [0.05, 0.1) is 12.8 Å². The van der Waals surface area contributed by atoms with Crippen molar-refractivity contribution in [2.75, 3.05) is 18.0 Å². The number of nitrogens with one attached hydrogen (secondary N) is 1. The lowest BCUT2D eigenvalue weighted by Gasteiger charge is -2.28. The predicted molar refractivity (Wildman–Crippen MR) is 136 cm³/mol. The minimum absolute atomic E-state index is 0.0456. The molecule has 0 aliphatic carbocycles. The van der Waals surface area contributed by atoms with Crippen molar-refractivity contribution >= 4 is 45.4 Å². The van der Waals surface area contributed by atoms with Crippen molar-refractivity contribution < 1.29 is 28.2 Å². The Morgan fingerprint density at radius 2 is 1.89 bits per heavy atom. The Kier molecular flexibility index (Phi) is 7.22. The summed E-state index contributed by atoms with van der Waals surface area (Å²) in [5.41, 5.74) is 7.01. The lowest BCUT2D eigenvalue weighted by Crippen LogP contribution is -2.48. The van der Waals surface area contributed by atoms with Gasteiger partial charge in [-0.05, 0) is 47.0 Å². The second-order valence-corrected chi connectivity index (χ2v) is 9.31. The van der Waals surface area contributed by atoms with Gasteiger partial charge in [-0.2, -0.15) is 0 Å². The van der Waals surface area contributed by atoms with Gasteiger partial charge >= 0.3 is 5.97 Å². The van der Waals surface area contributed by atoms with E-state index in [1.807, 2.05) is 12.1 Å². The Balaban J connectivity index is 1.59. The summed E-state index contributed by atoms with van der Waals surface area (Å²) in [6.45, 7) is 0.126. The highest BCUT2D eigenvalue weighted by molar-refractivity contribution is 7.80. The average molecular weight is 511 g/mol. The number of nitrogen functional groups attached to an aromatic ring is 1. The molecule has 0 bridgehead atoms. The number of carboxylic acid groups (broad SMARTS) is 1. The number of hydrogen-bond acceptors (Lipinski definition) is 5. The van der Waals surface area contributed by atoms with Crippen LogP contribution in [0, 0.1) is 5.41 Å². The summed E-state index contributed by atoms with van der Waals surface area (Å²) in [6.07, 6.45) is 0.234. The zero-order valence-corrected chi connectivity index (χ0v) is 20.3. The smallest absolute Gasteiger partial charge is 0.326 e. The highest BCUT2D eigenvalue weighted by atomic mass is 32.2. The highest BCUT2D eigenvalue weighted by Crippen LogP contribution is 2.31. The molecule has 0 saturated carbocycles. The molecular weight excluding hydrogens is 484 g/mol. The highest BCUT2D eigenvalue weighted by Gasteiger charge is 2.43. The fourth-order valence-electron chi connectivity index (χ4n) is 4.44. The molecule has 11 heteroatoms. The second-order valence-electron chi connectivity index (χ2n) is 8.46. The van der Waals surface area contributed by atoms with Crippen LogP contribution in [0.1, 0.15) is 17.5 Å². The first kappa shape index (κ1) is 25.1. The molecule has 0 aromatic heterocycles. The Morgan fingerprint density at radius 3 is 2.50 bits per heavy atom. The number of amidine groups is 1. The summed E-state index contributed by atoms with van der Waals surface area (Å²) in [5, 5.41) is 19.0. The van der Waals surface area contributed by atoms with E-state index >= 15 is 0 Å². The first-order chi connectivity index (χ1) is 17.2. The van der Waals surface area contributed by atoms with E-state index in [-0.39, 0.29) is 25.2 Å². The third-order valence-corrected chi connectivity index (χ3v) is 7.11. The number of nitrogens with two attached hydrogens (primary N) is 1. The fraction of sp³-hybridized carbons (Fsp3) is 0.240. The van der Waals surface area contributed by atoms with E-state index in [0.717, 1.165) is 15.1 Å². The maximum Gasteiger partial charge on any atom is 0.326 e. The molecule has 3 aromatic carbocycles. The first-order valence-corrected chi connectivity index (χ1v) is 12.2. The van der Waals surface area contributed by atoms with Crippen molar-refractivity contribution in [1.29, 1.82) is 5.41 Å². The lowest BCUT2D eigenvalue weighted by atomic mass is 10.0. The van der Waals surface area contributed by atoms with Gasteiger partial charge in [-0.1, -0.05) is 36.4 Å². The SMILES string of the molecule is COc1ccc2ccc(N(C3CCN(C(Cc4ccc(C(=N)N)cc4)C(=O)O)C3=O)S(=O)O)cc2c1. The van der Waals surface area contributed by atoms with Gasteiger partial charge in [0.1, 0.15) is 23.7 Å². The average Bonchev–Trinajstić information content (AvgIpc) is 3.22. The predicted octanol–water partition coefficient (Wildman–Crippen LogP) is 2.37. The van der Waals surface area contributed by atoms with Crippen LogP contribution in [0.4, 0.5) is 5.69 Å². The van der Waals surface area contributed by atoms with Crippen LogP contribution in [-0.2, 0) is 27.3 Å². The van der Waals surface area contributed by atoms with E-state index in [2.05, 4.69) is 0 Å². The summed E-state index contributed by atoms with van der Waals surface area (Å²) < 4.78 is 28.9. The van der Waals surface area contributed by atoms with Crippen molar-refractivity contribution in [3.8, 4) is 5.75 Å². The number of rotatable bonds is 9. The molecule has 1 aliphatic heterocycles. The van der Waals surface area contributed by atoms with Crippen LogP contribution in [0.25, 0.3) is 10.8 Å². The van der Waals surface area contributed by atoms with Crippen molar-refractivity contribution in [1.82, 2.24) is 4.90 Å². The molecule has 5 N–H and O–H groups in total. The summed E-state index contributed by atoms with van der Waals surface area (Å²) in [5.74, 6) is -1.18. The molecule has 3 atom stereocenters. The molecule has 1 heterocycles. The van der Waals surface area contributed by atoms with Crippen LogP contribution < -0.4 is 14.8 Å². The fourth-order valence-corrected chi connectivity index (χ4v) is 5.15. The molecule has 188 valence electrons. The summed E-state index contributed by atoms with van der Waals surface area (Å²) in [4.78, 5) is 26.7. The van der Waals surface area contributed by atoms with Crippen LogP contribution in [0.15, 0.2) is 60.7 Å². The largest absolute Gasteiger partial charge is 0.497 e. The van der Waals surface area contributed by atoms with E-state index < -0.39 is 35.2 Å². The van der Waals surface area contributed by atoms with E-state index in [0.29, 0.717) is 22.6 Å². The van der Waals surface area contributed by atoms with Crippen molar-refractivity contribution in [2.45, 2.75) is 24.9 Å². The zero-order valence-electron chi connectivity index (χ0n) is 19.5. The quantitative estimate of drug-likeness (QED) is 0.195. The number of benzene rings is 3. The van der Waals surface area contributed by atoms with Gasteiger partial charge in [-0.3, -0.25) is 19.1 Å². The molecule has 10 nitrogen and oxygen atoms in total. The van der Waals surface area contributed by atoms with Gasteiger partial charge in [-0.25, -0.2) is 9.00 Å². The van der Waals surface area contributed by atoms with Crippen LogP contribution >= 0.6 is 0 Å². The van der Waals surface area contributed by atoms with Crippen molar-refractivity contribution in [3.63, 3.8) is 0 Å². The van der Waals surface area contributed by atoms with Crippen molar-refractivity contribution in [3.05, 3.63) is 71.8 Å². The summed E-state index contributed by atoms with van der Waals surface area (Å²) >= 11 is -2.52. The molecule has 1 amide bonds. The molecular formula is C25H26N4O6S. The molecule has 3 unspecified atom stereocenters. The third-order valence-electron chi connectivity index (χ3n) is 6.30. The topological polar surface area (TPSA) is 157 Å². The number of carbonyl (C=O) groups is 2. The third kappa shape index (κ3) is 5.02. The number of hydrogen-bond donors (Lipinski definition) is 4. The molecule has 4 rings (SSSR count). The Morgan fingerprint density at radius 1 is 1.19 bits per heavy atom. The number of amides is 1. The monoisotopic (exact) mass is 510 g/mol. The molecule has 36 heavy (non-hydrogen) atoms. The number of fused-ring (bicyclic) bond motifs is 1. The first-order valence-electron chi connectivity index (χ1n) is 11.1. The van der Waals surface area contributed by atoms with Crippen LogP contribution in [0.5, 0.6) is 5.75 Å². The zero-order chi connectivity index (χ0) is 26.0. The molecule has 1 saturated heterocycles. The van der Waals surface area contributed by atoms with E-state index in [9.17, 15) is 23.5 Å². The number of anilines is 1.